The van der Waals surface area contributed by atoms with Crippen LogP contribution in [0, 0.1) is 10.1 Å². The fourth-order valence-corrected chi connectivity index (χ4v) is 2.20. The number of aliphatic hydroxyl groups is 1. The van der Waals surface area contributed by atoms with E-state index in [2.05, 4.69) is 12.2 Å². The van der Waals surface area contributed by atoms with Gasteiger partial charge in [-0.15, -0.1) is 0 Å². The van der Waals surface area contributed by atoms with Gasteiger partial charge in [0.1, 0.15) is 0 Å². The first-order valence-corrected chi connectivity index (χ1v) is 7.30. The Labute approximate surface area is 133 Å². The predicted molar refractivity (Wildman–Crippen MR) is 86.2 cm³/mol. The number of benzene rings is 2. The molecule has 0 aliphatic heterocycles. The number of nitrogens with zero attached hydrogens (tertiary/aromatic N) is 1. The summed E-state index contributed by atoms with van der Waals surface area (Å²) >= 11 is 0. The molecule has 0 saturated heterocycles. The fraction of sp³-hybridized carbons (Fsp3) is 0.235. The highest BCUT2D eigenvalue weighted by molar-refractivity contribution is 5.94. The van der Waals surface area contributed by atoms with Crippen molar-refractivity contribution in [1.82, 2.24) is 5.32 Å². The zero-order chi connectivity index (χ0) is 16.8. The summed E-state index contributed by atoms with van der Waals surface area (Å²) in [6, 6.07) is 12.5. The molecule has 1 atom stereocenters. The van der Waals surface area contributed by atoms with Crippen molar-refractivity contribution >= 4 is 11.6 Å². The standard InChI is InChI=1S/C17H18N2O4/c1-2-12-3-5-13(6-4-12)16(11-20)18-17(21)14-7-9-15(10-8-14)19(22)23/h3-10,16,20H,2,11H2,1H3,(H,18,21). The average Bonchev–Trinajstić information content (AvgIpc) is 2.59. The number of nitro groups is 1. The van der Waals surface area contributed by atoms with Gasteiger partial charge in [-0.2, -0.15) is 0 Å². The second kappa shape index (κ2) is 7.51. The van der Waals surface area contributed by atoms with E-state index in [-0.39, 0.29) is 12.3 Å². The molecule has 0 bridgehead atoms. The van der Waals surface area contributed by atoms with Crippen molar-refractivity contribution in [3.8, 4) is 0 Å². The molecule has 23 heavy (non-hydrogen) atoms. The number of hydrogen-bond donors (Lipinski definition) is 2. The minimum Gasteiger partial charge on any atom is -0.394 e. The molecule has 0 radical (unpaired) electrons. The molecule has 0 heterocycles. The summed E-state index contributed by atoms with van der Waals surface area (Å²) < 4.78 is 0. The summed E-state index contributed by atoms with van der Waals surface area (Å²) in [5.74, 6) is -0.390. The molecule has 0 aliphatic carbocycles. The molecule has 2 N–H and O–H groups in total. The summed E-state index contributed by atoms with van der Waals surface area (Å²) in [4.78, 5) is 22.3. The first-order chi connectivity index (χ1) is 11.0. The molecular weight excluding hydrogens is 296 g/mol. The van der Waals surface area contributed by atoms with E-state index in [1.54, 1.807) is 0 Å². The quantitative estimate of drug-likeness (QED) is 0.633. The van der Waals surface area contributed by atoms with Gasteiger partial charge in [0.05, 0.1) is 17.6 Å². The van der Waals surface area contributed by atoms with Crippen molar-refractivity contribution in [2.45, 2.75) is 19.4 Å². The number of aryl methyl sites for hydroxylation is 1. The van der Waals surface area contributed by atoms with Crippen LogP contribution in [-0.4, -0.2) is 22.5 Å². The number of nitro benzene ring substituents is 1. The first-order valence-electron chi connectivity index (χ1n) is 7.30. The zero-order valence-electron chi connectivity index (χ0n) is 12.7. The third kappa shape index (κ3) is 4.14. The highest BCUT2D eigenvalue weighted by atomic mass is 16.6. The summed E-state index contributed by atoms with van der Waals surface area (Å²) in [7, 11) is 0. The Kier molecular flexibility index (Phi) is 5.43. The normalized spacial score (nSPS) is 11.7. The molecule has 1 unspecified atom stereocenters. The fourth-order valence-electron chi connectivity index (χ4n) is 2.20. The molecule has 1 amide bonds. The average molecular weight is 314 g/mol. The second-order valence-corrected chi connectivity index (χ2v) is 5.11. The molecule has 2 aromatic rings. The van der Waals surface area contributed by atoms with Crippen LogP contribution in [0.2, 0.25) is 0 Å². The maximum atomic E-state index is 12.2. The van der Waals surface area contributed by atoms with Crippen LogP contribution in [0.4, 0.5) is 5.69 Å². The van der Waals surface area contributed by atoms with E-state index in [0.717, 1.165) is 12.0 Å². The number of rotatable bonds is 6. The van der Waals surface area contributed by atoms with E-state index in [9.17, 15) is 20.0 Å². The number of nitrogens with one attached hydrogen (secondary N) is 1. The van der Waals surface area contributed by atoms with E-state index >= 15 is 0 Å². The monoisotopic (exact) mass is 314 g/mol. The maximum Gasteiger partial charge on any atom is 0.269 e. The van der Waals surface area contributed by atoms with Crippen molar-refractivity contribution in [3.63, 3.8) is 0 Å². The Morgan fingerprint density at radius 3 is 2.26 bits per heavy atom. The van der Waals surface area contributed by atoms with Gasteiger partial charge in [-0.3, -0.25) is 14.9 Å². The molecule has 0 spiro atoms. The lowest BCUT2D eigenvalue weighted by Gasteiger charge is -2.17. The van der Waals surface area contributed by atoms with Crippen molar-refractivity contribution in [1.29, 1.82) is 0 Å². The second-order valence-electron chi connectivity index (χ2n) is 5.11. The van der Waals surface area contributed by atoms with E-state index in [4.69, 9.17) is 0 Å². The molecule has 2 aromatic carbocycles. The van der Waals surface area contributed by atoms with Crippen LogP contribution >= 0.6 is 0 Å². The topological polar surface area (TPSA) is 92.5 Å². The van der Waals surface area contributed by atoms with Crippen LogP contribution in [0.1, 0.15) is 34.5 Å². The molecular formula is C17H18N2O4. The lowest BCUT2D eigenvalue weighted by Crippen LogP contribution is -2.30. The van der Waals surface area contributed by atoms with Crippen LogP contribution in [0.3, 0.4) is 0 Å². The van der Waals surface area contributed by atoms with Gasteiger partial charge in [-0.05, 0) is 29.7 Å². The summed E-state index contributed by atoms with van der Waals surface area (Å²) in [5.41, 5.74) is 2.21. The Morgan fingerprint density at radius 2 is 1.78 bits per heavy atom. The van der Waals surface area contributed by atoms with Gasteiger partial charge < -0.3 is 10.4 Å². The van der Waals surface area contributed by atoms with Crippen molar-refractivity contribution in [2.24, 2.45) is 0 Å². The molecule has 6 nitrogen and oxygen atoms in total. The third-order valence-corrected chi connectivity index (χ3v) is 3.62. The molecule has 120 valence electrons. The van der Waals surface area contributed by atoms with Crippen LogP contribution < -0.4 is 5.32 Å². The third-order valence-electron chi connectivity index (χ3n) is 3.62. The number of carbonyl (C=O) groups is 1. The van der Waals surface area contributed by atoms with Gasteiger partial charge in [0.25, 0.3) is 11.6 Å². The zero-order valence-corrected chi connectivity index (χ0v) is 12.7. The van der Waals surface area contributed by atoms with E-state index in [1.807, 2.05) is 24.3 Å². The largest absolute Gasteiger partial charge is 0.394 e. The lowest BCUT2D eigenvalue weighted by atomic mass is 10.0. The Balaban J connectivity index is 2.10. The van der Waals surface area contributed by atoms with Crippen molar-refractivity contribution in [3.05, 3.63) is 75.3 Å². The molecule has 0 aromatic heterocycles. The van der Waals surface area contributed by atoms with Gasteiger partial charge in [0.15, 0.2) is 0 Å². The minimum atomic E-state index is -0.524. The summed E-state index contributed by atoms with van der Waals surface area (Å²) in [6.07, 6.45) is 0.916. The lowest BCUT2D eigenvalue weighted by molar-refractivity contribution is -0.384. The highest BCUT2D eigenvalue weighted by Gasteiger charge is 2.16. The van der Waals surface area contributed by atoms with Crippen molar-refractivity contribution < 1.29 is 14.8 Å². The van der Waals surface area contributed by atoms with Crippen LogP contribution in [0.25, 0.3) is 0 Å². The highest BCUT2D eigenvalue weighted by Crippen LogP contribution is 2.16. The van der Waals surface area contributed by atoms with Gasteiger partial charge in [-0.1, -0.05) is 31.2 Å². The number of carbonyl (C=O) groups excluding carboxylic acids is 1. The SMILES string of the molecule is CCc1ccc(C(CO)NC(=O)c2ccc([N+](=O)[O-])cc2)cc1. The number of amides is 1. The van der Waals surface area contributed by atoms with Crippen molar-refractivity contribution in [2.75, 3.05) is 6.61 Å². The smallest absolute Gasteiger partial charge is 0.269 e. The molecule has 0 saturated carbocycles. The van der Waals surface area contributed by atoms with E-state index in [0.29, 0.717) is 5.56 Å². The predicted octanol–water partition coefficient (Wildman–Crippen LogP) is 2.62. The maximum absolute atomic E-state index is 12.2. The van der Waals surface area contributed by atoms with Gasteiger partial charge in [0.2, 0.25) is 0 Å². The number of aliphatic hydroxyl groups excluding tert-OH is 1. The van der Waals surface area contributed by atoms with Crippen LogP contribution in [0.15, 0.2) is 48.5 Å². The van der Waals surface area contributed by atoms with Gasteiger partial charge >= 0.3 is 0 Å². The molecule has 2 rings (SSSR count). The van der Waals surface area contributed by atoms with Crippen LogP contribution in [0.5, 0.6) is 0 Å². The van der Waals surface area contributed by atoms with Gasteiger partial charge in [-0.25, -0.2) is 0 Å². The Morgan fingerprint density at radius 1 is 1.17 bits per heavy atom. The molecule has 6 heteroatoms. The minimum absolute atomic E-state index is 0.0737. The van der Waals surface area contributed by atoms with E-state index in [1.165, 1.54) is 29.8 Å². The Bertz CT molecular complexity index is 681. The number of non-ortho nitro benzene ring substituents is 1. The Hall–Kier alpha value is -2.73. The number of hydrogen-bond acceptors (Lipinski definition) is 4. The van der Waals surface area contributed by atoms with E-state index < -0.39 is 16.9 Å². The van der Waals surface area contributed by atoms with Gasteiger partial charge in [0, 0.05) is 17.7 Å². The summed E-state index contributed by atoms with van der Waals surface area (Å²) in [6.45, 7) is 1.82. The van der Waals surface area contributed by atoms with Crippen LogP contribution in [-0.2, 0) is 6.42 Å². The molecule has 0 aliphatic rings. The summed E-state index contributed by atoms with van der Waals surface area (Å²) in [5, 5.41) is 22.9. The molecule has 0 fully saturated rings. The first kappa shape index (κ1) is 16.6.